The number of thiophene rings is 1. The van der Waals surface area contributed by atoms with Crippen molar-refractivity contribution in [2.24, 2.45) is 0 Å². The lowest BCUT2D eigenvalue weighted by Crippen LogP contribution is -1.94. The van der Waals surface area contributed by atoms with E-state index in [1.807, 2.05) is 29.0 Å². The van der Waals surface area contributed by atoms with E-state index < -0.39 is 5.82 Å². The minimum atomic E-state index is -0.400. The quantitative estimate of drug-likeness (QED) is 0.581. The summed E-state index contributed by atoms with van der Waals surface area (Å²) >= 11 is 1.49. The maximum Gasteiger partial charge on any atom is 0.165 e. The number of methoxy groups -OCH3 is 2. The summed E-state index contributed by atoms with van der Waals surface area (Å²) in [5, 5.41) is 13.4. The molecule has 0 N–H and O–H groups in total. The maximum absolute atomic E-state index is 14.4. The molecule has 4 rings (SSSR count). The Hall–Kier alpha value is -3.10. The van der Waals surface area contributed by atoms with Gasteiger partial charge in [-0.25, -0.2) is 4.39 Å². The number of halogens is 1. The Morgan fingerprint density at radius 1 is 1.07 bits per heavy atom. The summed E-state index contributed by atoms with van der Waals surface area (Å²) < 4.78 is 25.0. The van der Waals surface area contributed by atoms with E-state index in [1.165, 1.54) is 30.1 Å². The van der Waals surface area contributed by atoms with Crippen molar-refractivity contribution < 1.29 is 13.9 Å². The Labute approximate surface area is 167 Å². The smallest absolute Gasteiger partial charge is 0.165 e. The fraction of sp³-hybridized carbons (Fsp3) is 0.174. The highest BCUT2D eigenvalue weighted by molar-refractivity contribution is 7.08. The third kappa shape index (κ3) is 2.87. The second kappa shape index (κ2) is 7.14. The van der Waals surface area contributed by atoms with Gasteiger partial charge in [0.1, 0.15) is 11.8 Å². The predicted octanol–water partition coefficient (Wildman–Crippen LogP) is 5.60. The molecule has 0 fully saturated rings. The van der Waals surface area contributed by atoms with Gasteiger partial charge >= 0.3 is 0 Å². The predicted molar refractivity (Wildman–Crippen MR) is 109 cm³/mol. The van der Waals surface area contributed by atoms with Gasteiger partial charge < -0.3 is 9.47 Å². The van der Waals surface area contributed by atoms with Gasteiger partial charge in [0.25, 0.3) is 0 Å². The van der Waals surface area contributed by atoms with Gasteiger partial charge in [-0.1, -0.05) is 6.07 Å². The van der Waals surface area contributed by atoms with E-state index in [1.54, 1.807) is 13.2 Å². The van der Waals surface area contributed by atoms with Crippen molar-refractivity contribution >= 4 is 22.5 Å². The van der Waals surface area contributed by atoms with Gasteiger partial charge in [0.15, 0.2) is 11.6 Å². The van der Waals surface area contributed by atoms with Crippen LogP contribution in [0.2, 0.25) is 0 Å². The number of fused-ring (bicyclic) bond motifs is 1. The average molecular weight is 391 g/mol. The molecule has 3 aromatic rings. The van der Waals surface area contributed by atoms with Crippen LogP contribution in [0.5, 0.6) is 11.5 Å². The zero-order valence-corrected chi connectivity index (χ0v) is 16.6. The van der Waals surface area contributed by atoms with Crippen molar-refractivity contribution in [2.45, 2.75) is 13.3 Å². The summed E-state index contributed by atoms with van der Waals surface area (Å²) in [6, 6.07) is 11.3. The van der Waals surface area contributed by atoms with Gasteiger partial charge in [-0.15, -0.1) is 0 Å². The second-order valence-electron chi connectivity index (χ2n) is 6.66. The molecule has 0 bridgehead atoms. The molecule has 0 saturated carbocycles. The van der Waals surface area contributed by atoms with E-state index in [0.29, 0.717) is 12.0 Å². The zero-order chi connectivity index (χ0) is 19.8. The van der Waals surface area contributed by atoms with Crippen LogP contribution < -0.4 is 9.47 Å². The van der Waals surface area contributed by atoms with Crippen molar-refractivity contribution in [3.8, 4) is 17.6 Å². The first kappa shape index (κ1) is 18.3. The molecule has 1 aliphatic rings. The summed E-state index contributed by atoms with van der Waals surface area (Å²) in [6.07, 6.45) is 0.674. The highest BCUT2D eigenvalue weighted by atomic mass is 32.1. The lowest BCUT2D eigenvalue weighted by molar-refractivity contribution is 0.386. The van der Waals surface area contributed by atoms with Crippen LogP contribution in [0.25, 0.3) is 11.1 Å². The van der Waals surface area contributed by atoms with E-state index in [4.69, 9.17) is 9.47 Å². The Kier molecular flexibility index (Phi) is 4.66. The lowest BCUT2D eigenvalue weighted by atomic mass is 9.93. The number of benzene rings is 2. The van der Waals surface area contributed by atoms with Crippen LogP contribution in [0.15, 0.2) is 41.1 Å². The van der Waals surface area contributed by atoms with Gasteiger partial charge in [0.05, 0.1) is 19.8 Å². The molecular formula is C23H18FNO2S. The molecule has 0 aliphatic heterocycles. The van der Waals surface area contributed by atoms with Gasteiger partial charge in [-0.2, -0.15) is 16.6 Å². The molecule has 140 valence electrons. The summed E-state index contributed by atoms with van der Waals surface area (Å²) in [5.41, 5.74) is 7.60. The Bertz CT molecular complexity index is 1150. The fourth-order valence-corrected chi connectivity index (χ4v) is 4.54. The third-order valence-electron chi connectivity index (χ3n) is 5.16. The monoisotopic (exact) mass is 391 g/mol. The lowest BCUT2D eigenvalue weighted by Gasteiger charge is -2.11. The van der Waals surface area contributed by atoms with Crippen molar-refractivity contribution in [1.29, 1.82) is 5.26 Å². The van der Waals surface area contributed by atoms with Crippen molar-refractivity contribution in [3.63, 3.8) is 0 Å². The summed E-state index contributed by atoms with van der Waals surface area (Å²) in [4.78, 5) is 0. The van der Waals surface area contributed by atoms with Crippen molar-refractivity contribution in [3.05, 3.63) is 80.3 Å². The van der Waals surface area contributed by atoms with Crippen LogP contribution in [0.1, 0.15) is 33.4 Å². The standard InChI is InChI=1S/C23H18FNO2S/c1-13-6-16(26-2)8-19-17(13)9-18(14-4-5-22(27-3)21(24)7-14)23(19)20-12-28-11-15(20)10-25/h4-8,11-12H,9H2,1-3H3. The molecule has 28 heavy (non-hydrogen) atoms. The van der Waals surface area contributed by atoms with E-state index in [-0.39, 0.29) is 5.75 Å². The minimum absolute atomic E-state index is 0.215. The maximum atomic E-state index is 14.4. The van der Waals surface area contributed by atoms with E-state index in [0.717, 1.165) is 39.1 Å². The van der Waals surface area contributed by atoms with Gasteiger partial charge in [0.2, 0.25) is 0 Å². The molecule has 0 spiro atoms. The van der Waals surface area contributed by atoms with Crippen molar-refractivity contribution in [2.75, 3.05) is 14.2 Å². The molecular weight excluding hydrogens is 373 g/mol. The average Bonchev–Trinajstić information content (AvgIpc) is 3.31. The summed E-state index contributed by atoms with van der Waals surface area (Å²) in [5.74, 6) is 0.583. The summed E-state index contributed by atoms with van der Waals surface area (Å²) in [6.45, 7) is 2.05. The first-order valence-electron chi connectivity index (χ1n) is 8.79. The Morgan fingerprint density at radius 2 is 1.89 bits per heavy atom. The van der Waals surface area contributed by atoms with Gasteiger partial charge in [-0.3, -0.25) is 0 Å². The number of ether oxygens (including phenoxy) is 2. The number of nitrogens with zero attached hydrogens (tertiary/aromatic N) is 1. The van der Waals surface area contributed by atoms with Crippen molar-refractivity contribution in [1.82, 2.24) is 0 Å². The molecule has 1 aliphatic carbocycles. The number of allylic oxidation sites excluding steroid dienone is 1. The zero-order valence-electron chi connectivity index (χ0n) is 15.8. The Morgan fingerprint density at radius 3 is 2.57 bits per heavy atom. The molecule has 0 atom stereocenters. The van der Waals surface area contributed by atoms with Crippen LogP contribution in [-0.2, 0) is 6.42 Å². The SMILES string of the molecule is COc1cc(C)c2c(c1)C(c1cscc1C#N)=C(c1ccc(OC)c(F)c1)C2. The molecule has 0 unspecified atom stereocenters. The first-order chi connectivity index (χ1) is 13.6. The van der Waals surface area contributed by atoms with Gasteiger partial charge in [-0.05, 0) is 76.4 Å². The highest BCUT2D eigenvalue weighted by Gasteiger charge is 2.28. The van der Waals surface area contributed by atoms with E-state index in [2.05, 4.69) is 13.0 Å². The normalized spacial score (nSPS) is 12.7. The molecule has 0 radical (unpaired) electrons. The van der Waals surface area contributed by atoms with Crippen LogP contribution in [-0.4, -0.2) is 14.2 Å². The number of hydrogen-bond donors (Lipinski definition) is 0. The highest BCUT2D eigenvalue weighted by Crippen LogP contribution is 2.46. The topological polar surface area (TPSA) is 42.2 Å². The van der Waals surface area contributed by atoms with Gasteiger partial charge in [0, 0.05) is 10.9 Å². The molecule has 1 aromatic heterocycles. The molecule has 0 saturated heterocycles. The second-order valence-corrected chi connectivity index (χ2v) is 7.40. The van der Waals surface area contributed by atoms with E-state index >= 15 is 0 Å². The first-order valence-corrected chi connectivity index (χ1v) is 9.73. The largest absolute Gasteiger partial charge is 0.497 e. The molecule has 5 heteroatoms. The van der Waals surface area contributed by atoms with Crippen LogP contribution in [0, 0.1) is 24.1 Å². The number of hydrogen-bond acceptors (Lipinski definition) is 4. The molecule has 1 heterocycles. The van der Waals surface area contributed by atoms with Crippen LogP contribution in [0.4, 0.5) is 4.39 Å². The number of rotatable bonds is 4. The summed E-state index contributed by atoms with van der Waals surface area (Å²) in [7, 11) is 3.10. The third-order valence-corrected chi connectivity index (χ3v) is 5.90. The minimum Gasteiger partial charge on any atom is -0.497 e. The molecule has 0 amide bonds. The number of aryl methyl sites for hydroxylation is 1. The fourth-order valence-electron chi connectivity index (χ4n) is 3.77. The number of nitriles is 1. The van der Waals surface area contributed by atoms with Crippen LogP contribution >= 0.6 is 11.3 Å². The van der Waals surface area contributed by atoms with Crippen LogP contribution in [0.3, 0.4) is 0 Å². The Balaban J connectivity index is 2.00. The molecule has 3 nitrogen and oxygen atoms in total. The molecule has 2 aromatic carbocycles. The van der Waals surface area contributed by atoms with E-state index in [9.17, 15) is 9.65 Å².